The summed E-state index contributed by atoms with van der Waals surface area (Å²) in [7, 11) is 0. The molecule has 0 aromatic carbocycles. The van der Waals surface area contributed by atoms with Gasteiger partial charge in [0.05, 0.1) is 12.1 Å². The maximum Gasteiger partial charge on any atom is 0.573 e. The zero-order chi connectivity index (χ0) is 13.2. The Hall–Kier alpha value is -1.06. The lowest BCUT2D eigenvalue weighted by molar-refractivity contribution is -0.274. The van der Waals surface area contributed by atoms with Gasteiger partial charge in [-0.1, -0.05) is 0 Å². The Bertz CT molecular complexity index is 448. The van der Waals surface area contributed by atoms with E-state index in [1.165, 1.54) is 6.92 Å². The number of aromatic nitrogens is 1. The van der Waals surface area contributed by atoms with E-state index < -0.39 is 24.5 Å². The molecular formula is C9H7F3INO3. The Morgan fingerprint density at radius 3 is 2.65 bits per heavy atom. The molecule has 1 N–H and O–H groups in total. The molecule has 1 aromatic heterocycles. The monoisotopic (exact) mass is 361 g/mol. The van der Waals surface area contributed by atoms with Crippen LogP contribution in [0.3, 0.4) is 0 Å². The van der Waals surface area contributed by atoms with Crippen molar-refractivity contribution in [3.05, 3.63) is 21.0 Å². The average molecular weight is 361 g/mol. The van der Waals surface area contributed by atoms with Gasteiger partial charge in [-0.25, -0.2) is 4.98 Å². The van der Waals surface area contributed by atoms with Gasteiger partial charge in [-0.05, 0) is 29.5 Å². The lowest BCUT2D eigenvalue weighted by Crippen LogP contribution is -2.18. The highest BCUT2D eigenvalue weighted by Gasteiger charge is 2.32. The number of carboxylic acids is 1. The average Bonchev–Trinajstić information content (AvgIpc) is 2.09. The number of rotatable bonds is 3. The van der Waals surface area contributed by atoms with E-state index in [4.69, 9.17) is 5.11 Å². The second kappa shape index (κ2) is 5.07. The first kappa shape index (κ1) is 14.0. The third-order valence-corrected chi connectivity index (χ3v) is 2.83. The van der Waals surface area contributed by atoms with Crippen LogP contribution in [0.25, 0.3) is 0 Å². The topological polar surface area (TPSA) is 59.4 Å². The van der Waals surface area contributed by atoms with Crippen molar-refractivity contribution in [2.24, 2.45) is 0 Å². The Morgan fingerprint density at radius 2 is 2.18 bits per heavy atom. The summed E-state index contributed by atoms with van der Waals surface area (Å²) in [6, 6.07) is 0.985. The molecule has 0 unspecified atom stereocenters. The third-order valence-electron chi connectivity index (χ3n) is 1.78. The molecule has 0 radical (unpaired) electrons. The molecule has 94 valence electrons. The van der Waals surface area contributed by atoms with Crippen molar-refractivity contribution in [1.82, 2.24) is 4.98 Å². The van der Waals surface area contributed by atoms with Crippen LogP contribution in [-0.4, -0.2) is 22.4 Å². The lowest BCUT2D eigenvalue weighted by atomic mass is 10.2. The number of ether oxygens (including phenoxy) is 1. The summed E-state index contributed by atoms with van der Waals surface area (Å²) in [5.74, 6) is -1.59. The molecule has 0 saturated heterocycles. The minimum Gasteiger partial charge on any atom is -0.481 e. The number of carbonyl (C=O) groups is 1. The number of pyridine rings is 1. The number of halogens is 4. The first-order valence-electron chi connectivity index (χ1n) is 4.32. The standard InChI is InChI=1S/C9H7F3INO3/c1-4-6(17-9(10,11)12)2-5(3-7(15)16)14-8(4)13/h2H,3H2,1H3,(H,15,16). The Labute approximate surface area is 108 Å². The fourth-order valence-electron chi connectivity index (χ4n) is 1.08. The molecule has 0 amide bonds. The highest BCUT2D eigenvalue weighted by atomic mass is 127. The summed E-state index contributed by atoms with van der Waals surface area (Å²) >= 11 is 1.72. The second-order valence-electron chi connectivity index (χ2n) is 3.15. The van der Waals surface area contributed by atoms with Gasteiger partial charge in [-0.2, -0.15) is 0 Å². The van der Waals surface area contributed by atoms with Gasteiger partial charge in [0.2, 0.25) is 0 Å². The first-order valence-corrected chi connectivity index (χ1v) is 5.40. The Morgan fingerprint density at radius 1 is 1.59 bits per heavy atom. The minimum atomic E-state index is -4.81. The summed E-state index contributed by atoms with van der Waals surface area (Å²) in [4.78, 5) is 14.3. The van der Waals surface area contributed by atoms with E-state index in [0.29, 0.717) is 0 Å². The second-order valence-corrected chi connectivity index (χ2v) is 4.17. The Balaban J connectivity index is 3.11. The molecule has 0 aliphatic carbocycles. The van der Waals surface area contributed by atoms with Gasteiger partial charge in [0.1, 0.15) is 9.45 Å². The van der Waals surface area contributed by atoms with Crippen LogP contribution in [0.4, 0.5) is 13.2 Å². The fraction of sp³-hybridized carbons (Fsp3) is 0.333. The highest BCUT2D eigenvalue weighted by molar-refractivity contribution is 14.1. The molecule has 8 heteroatoms. The number of carboxylic acid groups (broad SMARTS) is 1. The number of alkyl halides is 3. The van der Waals surface area contributed by atoms with Crippen LogP contribution >= 0.6 is 22.6 Å². The van der Waals surface area contributed by atoms with Crippen LogP contribution in [0, 0.1) is 10.6 Å². The Kier molecular flexibility index (Phi) is 4.17. The maximum absolute atomic E-state index is 12.1. The van der Waals surface area contributed by atoms with Crippen LogP contribution in [-0.2, 0) is 11.2 Å². The highest BCUT2D eigenvalue weighted by Crippen LogP contribution is 2.28. The van der Waals surface area contributed by atoms with Crippen LogP contribution in [0.15, 0.2) is 6.07 Å². The van der Waals surface area contributed by atoms with Crippen LogP contribution in [0.1, 0.15) is 11.3 Å². The maximum atomic E-state index is 12.1. The fourth-order valence-corrected chi connectivity index (χ4v) is 1.66. The van der Waals surface area contributed by atoms with Gasteiger partial charge in [0.25, 0.3) is 0 Å². The van der Waals surface area contributed by atoms with Gasteiger partial charge in [-0.15, -0.1) is 13.2 Å². The van der Waals surface area contributed by atoms with Gasteiger partial charge in [0, 0.05) is 11.6 Å². The lowest BCUT2D eigenvalue weighted by Gasteiger charge is -2.13. The van der Waals surface area contributed by atoms with Crippen molar-refractivity contribution in [2.45, 2.75) is 19.7 Å². The van der Waals surface area contributed by atoms with E-state index in [9.17, 15) is 18.0 Å². The summed E-state index contributed by atoms with van der Waals surface area (Å²) in [5.41, 5.74) is 0.240. The van der Waals surface area contributed by atoms with Gasteiger partial charge < -0.3 is 9.84 Å². The molecule has 1 heterocycles. The van der Waals surface area contributed by atoms with Crippen LogP contribution < -0.4 is 4.74 Å². The SMILES string of the molecule is Cc1c(OC(F)(F)F)cc(CC(=O)O)nc1I. The van der Waals surface area contributed by atoms with E-state index in [2.05, 4.69) is 9.72 Å². The molecule has 0 atom stereocenters. The minimum absolute atomic E-state index is 0.0201. The largest absolute Gasteiger partial charge is 0.573 e. The molecule has 4 nitrogen and oxygen atoms in total. The number of aliphatic carboxylic acids is 1. The molecule has 0 aliphatic rings. The van der Waals surface area contributed by atoms with Gasteiger partial charge in [-0.3, -0.25) is 4.79 Å². The summed E-state index contributed by atoms with van der Waals surface area (Å²) < 4.78 is 40.3. The number of hydrogen-bond acceptors (Lipinski definition) is 3. The molecule has 0 saturated carbocycles. The van der Waals surface area contributed by atoms with Crippen molar-refractivity contribution in [3.63, 3.8) is 0 Å². The normalized spacial score (nSPS) is 11.4. The van der Waals surface area contributed by atoms with E-state index in [1.807, 2.05) is 0 Å². The van der Waals surface area contributed by atoms with Crippen molar-refractivity contribution in [3.8, 4) is 5.75 Å². The molecular weight excluding hydrogens is 354 g/mol. The molecule has 0 spiro atoms. The van der Waals surface area contributed by atoms with Crippen molar-refractivity contribution in [1.29, 1.82) is 0 Å². The zero-order valence-electron chi connectivity index (χ0n) is 8.51. The smallest absolute Gasteiger partial charge is 0.481 e. The third kappa shape index (κ3) is 4.36. The van der Waals surface area contributed by atoms with Gasteiger partial charge >= 0.3 is 12.3 Å². The summed E-state index contributed by atoms with van der Waals surface area (Å²) in [6.07, 6.45) is -5.26. The summed E-state index contributed by atoms with van der Waals surface area (Å²) in [5, 5.41) is 8.55. The van der Waals surface area contributed by atoms with Crippen LogP contribution in [0.5, 0.6) is 5.75 Å². The number of hydrogen-bond donors (Lipinski definition) is 1. The zero-order valence-corrected chi connectivity index (χ0v) is 10.7. The summed E-state index contributed by atoms with van der Waals surface area (Å²) in [6.45, 7) is 1.42. The van der Waals surface area contributed by atoms with Gasteiger partial charge in [0.15, 0.2) is 0 Å². The van der Waals surface area contributed by atoms with E-state index >= 15 is 0 Å². The number of nitrogens with zero attached hydrogens (tertiary/aromatic N) is 1. The predicted octanol–water partition coefficient (Wildman–Crippen LogP) is 2.52. The van der Waals surface area contributed by atoms with Crippen molar-refractivity contribution < 1.29 is 27.8 Å². The molecule has 1 aromatic rings. The molecule has 0 fully saturated rings. The van der Waals surface area contributed by atoms with Crippen molar-refractivity contribution >= 4 is 28.6 Å². The van der Waals surface area contributed by atoms with E-state index in [-0.39, 0.29) is 15.0 Å². The predicted molar refractivity (Wildman–Crippen MR) is 59.7 cm³/mol. The van der Waals surface area contributed by atoms with E-state index in [0.717, 1.165) is 6.07 Å². The van der Waals surface area contributed by atoms with Crippen molar-refractivity contribution in [2.75, 3.05) is 0 Å². The first-order chi connectivity index (χ1) is 7.69. The molecule has 1 rings (SSSR count). The van der Waals surface area contributed by atoms with Crippen LogP contribution in [0.2, 0.25) is 0 Å². The quantitative estimate of drug-likeness (QED) is 0.664. The van der Waals surface area contributed by atoms with E-state index in [1.54, 1.807) is 22.6 Å². The molecule has 0 aliphatic heterocycles. The molecule has 17 heavy (non-hydrogen) atoms. The molecule has 0 bridgehead atoms.